The molecule has 1 aliphatic heterocycles. The van der Waals surface area contributed by atoms with E-state index in [2.05, 4.69) is 4.98 Å². The molecule has 2 heterocycles. The third kappa shape index (κ3) is 3.82. The van der Waals surface area contributed by atoms with Crippen molar-refractivity contribution in [2.24, 2.45) is 0 Å². The number of carbonyl (C=O) groups is 2. The highest BCUT2D eigenvalue weighted by Crippen LogP contribution is 2.42. The van der Waals surface area contributed by atoms with E-state index in [0.717, 1.165) is 11.1 Å². The summed E-state index contributed by atoms with van der Waals surface area (Å²) in [6.45, 7) is 3.91. The number of ether oxygens (including phenoxy) is 2. The number of benzene rings is 2. The first kappa shape index (κ1) is 22.1. The fourth-order valence-corrected chi connectivity index (χ4v) is 3.93. The predicted octanol–water partition coefficient (Wildman–Crippen LogP) is 4.34. The molecule has 1 aliphatic rings. The summed E-state index contributed by atoms with van der Waals surface area (Å²) >= 11 is 0. The van der Waals surface area contributed by atoms with Gasteiger partial charge in [0.15, 0.2) is 11.5 Å². The summed E-state index contributed by atoms with van der Waals surface area (Å²) in [5, 5.41) is 11.2. The lowest BCUT2D eigenvalue weighted by Crippen LogP contribution is -2.29. The summed E-state index contributed by atoms with van der Waals surface area (Å²) in [7, 11) is 2.99. The third-order valence-corrected chi connectivity index (χ3v) is 5.84. The highest BCUT2D eigenvalue weighted by molar-refractivity contribution is 6.51. The van der Waals surface area contributed by atoms with Gasteiger partial charge in [0.2, 0.25) is 0 Å². The molecule has 4 rings (SSSR count). The van der Waals surface area contributed by atoms with Gasteiger partial charge in [0.25, 0.3) is 11.7 Å². The van der Waals surface area contributed by atoms with Gasteiger partial charge in [-0.3, -0.25) is 19.5 Å². The number of nitrogens with zero attached hydrogens (tertiary/aromatic N) is 2. The van der Waals surface area contributed by atoms with E-state index in [1.165, 1.54) is 19.1 Å². The van der Waals surface area contributed by atoms with Crippen LogP contribution >= 0.6 is 0 Å². The Hall–Kier alpha value is -4.13. The predicted molar refractivity (Wildman–Crippen MR) is 124 cm³/mol. The number of aromatic nitrogens is 1. The van der Waals surface area contributed by atoms with E-state index in [-0.39, 0.29) is 11.3 Å². The van der Waals surface area contributed by atoms with E-state index in [9.17, 15) is 14.7 Å². The van der Waals surface area contributed by atoms with Crippen molar-refractivity contribution in [3.8, 4) is 11.5 Å². The Bertz CT molecular complexity index is 1270. The lowest BCUT2D eigenvalue weighted by atomic mass is 9.97. The molecule has 168 valence electrons. The molecule has 0 bridgehead atoms. The molecule has 1 fully saturated rings. The van der Waals surface area contributed by atoms with Crippen LogP contribution in [0.1, 0.15) is 28.4 Å². The molecule has 1 saturated heterocycles. The van der Waals surface area contributed by atoms with Crippen molar-refractivity contribution in [1.82, 2.24) is 4.98 Å². The van der Waals surface area contributed by atoms with E-state index in [0.29, 0.717) is 28.4 Å². The smallest absolute Gasteiger partial charge is 0.300 e. The summed E-state index contributed by atoms with van der Waals surface area (Å²) in [5.74, 6) is -0.950. The van der Waals surface area contributed by atoms with Gasteiger partial charge in [-0.25, -0.2) is 0 Å². The van der Waals surface area contributed by atoms with Gasteiger partial charge in [0.1, 0.15) is 11.8 Å². The molecule has 1 atom stereocenters. The Balaban J connectivity index is 1.94. The number of pyridine rings is 1. The summed E-state index contributed by atoms with van der Waals surface area (Å²) in [4.78, 5) is 32.2. The first-order chi connectivity index (χ1) is 15.9. The molecule has 7 nitrogen and oxygen atoms in total. The standard InChI is InChI=1S/C26H24N2O5/c1-15-8-10-18(13-16(15)2)28-23(19-7-5-6-12-27-19)22(25(30)26(28)31)24(29)17-9-11-20(32-3)21(14-17)33-4/h5-14,23,29H,1-4H3/b24-22+. The Morgan fingerprint density at radius 3 is 2.33 bits per heavy atom. The number of anilines is 1. The number of aryl methyl sites for hydroxylation is 2. The monoisotopic (exact) mass is 444 g/mol. The molecule has 1 N–H and O–H groups in total. The minimum atomic E-state index is -0.888. The van der Waals surface area contributed by atoms with Crippen LogP contribution in [0.15, 0.2) is 66.4 Å². The lowest BCUT2D eigenvalue weighted by molar-refractivity contribution is -0.132. The van der Waals surface area contributed by atoms with E-state index in [1.54, 1.807) is 48.7 Å². The first-order valence-electron chi connectivity index (χ1n) is 10.4. The average molecular weight is 444 g/mol. The van der Waals surface area contributed by atoms with Crippen LogP contribution in [0, 0.1) is 13.8 Å². The Kier molecular flexibility index (Phi) is 5.87. The minimum absolute atomic E-state index is 0.0378. The van der Waals surface area contributed by atoms with Crippen LogP contribution in [-0.4, -0.2) is 36.0 Å². The second-order valence-corrected chi connectivity index (χ2v) is 7.76. The van der Waals surface area contributed by atoms with Crippen LogP contribution in [0.5, 0.6) is 11.5 Å². The summed E-state index contributed by atoms with van der Waals surface area (Å²) in [6, 6.07) is 14.7. The van der Waals surface area contributed by atoms with Gasteiger partial charge in [-0.05, 0) is 67.4 Å². The van der Waals surface area contributed by atoms with Crippen LogP contribution in [-0.2, 0) is 9.59 Å². The minimum Gasteiger partial charge on any atom is -0.507 e. The van der Waals surface area contributed by atoms with Crippen molar-refractivity contribution in [3.05, 3.63) is 88.8 Å². The van der Waals surface area contributed by atoms with Crippen LogP contribution in [0.4, 0.5) is 5.69 Å². The molecule has 1 unspecified atom stereocenters. The summed E-state index contributed by atoms with van der Waals surface area (Å²) in [5.41, 5.74) is 3.36. The maximum Gasteiger partial charge on any atom is 0.300 e. The number of rotatable bonds is 5. The molecule has 1 aromatic heterocycles. The number of aliphatic hydroxyl groups excluding tert-OH is 1. The quantitative estimate of drug-likeness (QED) is 0.358. The van der Waals surface area contributed by atoms with Gasteiger partial charge < -0.3 is 14.6 Å². The largest absolute Gasteiger partial charge is 0.507 e. The summed E-state index contributed by atoms with van der Waals surface area (Å²) < 4.78 is 10.6. The van der Waals surface area contributed by atoms with Gasteiger partial charge in [-0.15, -0.1) is 0 Å². The third-order valence-electron chi connectivity index (χ3n) is 5.84. The maximum atomic E-state index is 13.2. The molecule has 0 spiro atoms. The molecule has 1 amide bonds. The van der Waals surface area contributed by atoms with Crippen LogP contribution in [0.25, 0.3) is 5.76 Å². The number of ketones is 1. The van der Waals surface area contributed by atoms with Gasteiger partial charge >= 0.3 is 0 Å². The molecular formula is C26H24N2O5. The number of hydrogen-bond acceptors (Lipinski definition) is 6. The molecule has 33 heavy (non-hydrogen) atoms. The summed E-state index contributed by atoms with van der Waals surface area (Å²) in [6.07, 6.45) is 1.59. The topological polar surface area (TPSA) is 89.0 Å². The molecule has 7 heteroatoms. The van der Waals surface area contributed by atoms with Crippen molar-refractivity contribution >= 4 is 23.1 Å². The Labute approximate surface area is 191 Å². The van der Waals surface area contributed by atoms with E-state index in [1.807, 2.05) is 26.0 Å². The SMILES string of the molecule is COc1ccc(/C(O)=C2\C(=O)C(=O)N(c3ccc(C)c(C)c3)C2c2ccccn2)cc1OC. The first-order valence-corrected chi connectivity index (χ1v) is 10.4. The van der Waals surface area contributed by atoms with Crippen LogP contribution in [0.2, 0.25) is 0 Å². The zero-order valence-corrected chi connectivity index (χ0v) is 18.8. The maximum absolute atomic E-state index is 13.2. The number of aliphatic hydroxyl groups is 1. The lowest BCUT2D eigenvalue weighted by Gasteiger charge is -2.25. The molecule has 3 aromatic rings. The van der Waals surface area contributed by atoms with Gasteiger partial charge in [0, 0.05) is 17.4 Å². The van der Waals surface area contributed by atoms with E-state index in [4.69, 9.17) is 9.47 Å². The van der Waals surface area contributed by atoms with Crippen molar-refractivity contribution < 1.29 is 24.2 Å². The van der Waals surface area contributed by atoms with E-state index < -0.39 is 17.7 Å². The molecule has 0 aliphatic carbocycles. The fraction of sp³-hybridized carbons (Fsp3) is 0.192. The molecule has 0 radical (unpaired) electrons. The van der Waals surface area contributed by atoms with Crippen molar-refractivity contribution in [2.45, 2.75) is 19.9 Å². The van der Waals surface area contributed by atoms with Gasteiger partial charge in [0.05, 0.1) is 25.5 Å². The fourth-order valence-electron chi connectivity index (χ4n) is 3.93. The number of amides is 1. The zero-order valence-electron chi connectivity index (χ0n) is 18.8. The number of carbonyl (C=O) groups excluding carboxylic acids is 2. The second kappa shape index (κ2) is 8.78. The van der Waals surface area contributed by atoms with Gasteiger partial charge in [-0.2, -0.15) is 0 Å². The van der Waals surface area contributed by atoms with Gasteiger partial charge in [-0.1, -0.05) is 12.1 Å². The molecule has 0 saturated carbocycles. The van der Waals surface area contributed by atoms with E-state index >= 15 is 0 Å². The number of methoxy groups -OCH3 is 2. The second-order valence-electron chi connectivity index (χ2n) is 7.76. The number of Topliss-reactive ketones (excluding diaryl/α,β-unsaturated/α-hetero) is 1. The molecular weight excluding hydrogens is 420 g/mol. The highest BCUT2D eigenvalue weighted by atomic mass is 16.5. The zero-order chi connectivity index (χ0) is 23.7. The van der Waals surface area contributed by atoms with Crippen molar-refractivity contribution in [1.29, 1.82) is 0 Å². The van der Waals surface area contributed by atoms with Crippen molar-refractivity contribution in [3.63, 3.8) is 0 Å². The molecule has 2 aromatic carbocycles. The average Bonchev–Trinajstić information content (AvgIpc) is 3.10. The normalized spacial score (nSPS) is 17.3. The Morgan fingerprint density at radius 2 is 1.70 bits per heavy atom. The van der Waals surface area contributed by atoms with Crippen molar-refractivity contribution in [2.75, 3.05) is 19.1 Å². The van der Waals surface area contributed by atoms with Crippen LogP contribution < -0.4 is 14.4 Å². The number of hydrogen-bond donors (Lipinski definition) is 1. The Morgan fingerprint density at radius 1 is 0.939 bits per heavy atom. The highest BCUT2D eigenvalue weighted by Gasteiger charge is 2.47. The van der Waals surface area contributed by atoms with Crippen LogP contribution in [0.3, 0.4) is 0 Å².